The molecule has 7 heteroatoms. The van der Waals surface area contributed by atoms with Crippen LogP contribution in [0.15, 0.2) is 39.6 Å². The number of nitrogens with zero attached hydrogens (tertiary/aromatic N) is 3. The molecule has 3 heterocycles. The number of thiophene rings is 1. The Bertz CT molecular complexity index is 1120. The van der Waals surface area contributed by atoms with Gasteiger partial charge in [0.1, 0.15) is 4.70 Å². The number of benzene rings is 1. The van der Waals surface area contributed by atoms with Crippen LogP contribution in [0.25, 0.3) is 15.9 Å². The zero-order chi connectivity index (χ0) is 20.5. The number of likely N-dealkylation sites (tertiary alicyclic amines) is 1. The van der Waals surface area contributed by atoms with Crippen LogP contribution in [0.5, 0.6) is 0 Å². The summed E-state index contributed by atoms with van der Waals surface area (Å²) >= 11 is 2.76. The molecule has 1 aromatic carbocycles. The SMILES string of the molecule is Cc1ccc(-n2c(SCC(=O)N3CCCCC3C)nc3ccsc3c2=O)cc1C. The van der Waals surface area contributed by atoms with Crippen LogP contribution in [0.2, 0.25) is 0 Å². The number of hydrogen-bond donors (Lipinski definition) is 0. The maximum absolute atomic E-state index is 13.2. The number of rotatable bonds is 4. The molecule has 0 bridgehead atoms. The Hall–Kier alpha value is -2.12. The second kappa shape index (κ2) is 8.32. The van der Waals surface area contributed by atoms with Gasteiger partial charge in [-0.15, -0.1) is 11.3 Å². The van der Waals surface area contributed by atoms with Crippen LogP contribution in [-0.4, -0.2) is 38.7 Å². The standard InChI is InChI=1S/C22H25N3O2S2/c1-14-7-8-17(12-15(14)2)25-21(27)20-18(9-11-28-20)23-22(25)29-13-19(26)24-10-5-4-6-16(24)3/h7-9,11-12,16H,4-6,10,13H2,1-3H3. The monoisotopic (exact) mass is 427 g/mol. The minimum atomic E-state index is -0.0745. The third-order valence-electron chi connectivity index (χ3n) is 5.65. The maximum Gasteiger partial charge on any atom is 0.276 e. The van der Waals surface area contributed by atoms with Crippen molar-refractivity contribution in [1.82, 2.24) is 14.5 Å². The van der Waals surface area contributed by atoms with E-state index in [-0.39, 0.29) is 23.3 Å². The number of amides is 1. The third-order valence-corrected chi connectivity index (χ3v) is 7.46. The molecule has 0 saturated carbocycles. The molecule has 0 aliphatic carbocycles. The Kier molecular flexibility index (Phi) is 5.79. The smallest absolute Gasteiger partial charge is 0.276 e. The van der Waals surface area contributed by atoms with Gasteiger partial charge in [-0.25, -0.2) is 4.98 Å². The Labute approximate surface area is 178 Å². The van der Waals surface area contributed by atoms with Crippen molar-refractivity contribution in [1.29, 1.82) is 0 Å². The van der Waals surface area contributed by atoms with E-state index in [0.29, 0.717) is 15.4 Å². The number of fused-ring (bicyclic) bond motifs is 1. The van der Waals surface area contributed by atoms with E-state index < -0.39 is 0 Å². The fraction of sp³-hybridized carbons (Fsp3) is 0.409. The fourth-order valence-electron chi connectivity index (χ4n) is 3.76. The van der Waals surface area contributed by atoms with Gasteiger partial charge in [0.25, 0.3) is 5.56 Å². The van der Waals surface area contributed by atoms with Crippen molar-refractivity contribution in [2.45, 2.75) is 51.2 Å². The molecule has 0 spiro atoms. The minimum Gasteiger partial charge on any atom is -0.339 e. The van der Waals surface area contributed by atoms with Crippen molar-refractivity contribution < 1.29 is 4.79 Å². The lowest BCUT2D eigenvalue weighted by atomic mass is 10.0. The molecular formula is C22H25N3O2S2. The van der Waals surface area contributed by atoms with Crippen molar-refractivity contribution in [3.63, 3.8) is 0 Å². The van der Waals surface area contributed by atoms with Crippen LogP contribution in [0.1, 0.15) is 37.3 Å². The summed E-state index contributed by atoms with van der Waals surface area (Å²) in [4.78, 5) is 32.7. The van der Waals surface area contributed by atoms with Gasteiger partial charge in [-0.3, -0.25) is 14.2 Å². The molecule has 2 aromatic heterocycles. The third kappa shape index (κ3) is 3.98. The van der Waals surface area contributed by atoms with Gasteiger partial charge in [-0.05, 0) is 74.7 Å². The second-order valence-corrected chi connectivity index (χ2v) is 9.52. The van der Waals surface area contributed by atoms with E-state index >= 15 is 0 Å². The van der Waals surface area contributed by atoms with E-state index in [1.165, 1.54) is 35.1 Å². The Balaban J connectivity index is 1.70. The van der Waals surface area contributed by atoms with Crippen molar-refractivity contribution in [3.05, 3.63) is 51.1 Å². The Morgan fingerprint density at radius 1 is 1.24 bits per heavy atom. The van der Waals surface area contributed by atoms with E-state index in [9.17, 15) is 9.59 Å². The van der Waals surface area contributed by atoms with Crippen molar-refractivity contribution in [3.8, 4) is 5.69 Å². The summed E-state index contributed by atoms with van der Waals surface area (Å²) in [5.74, 6) is 0.408. The predicted octanol–water partition coefficient (Wildman–Crippen LogP) is 4.56. The number of aromatic nitrogens is 2. The van der Waals surface area contributed by atoms with Crippen molar-refractivity contribution >= 4 is 39.2 Å². The highest BCUT2D eigenvalue weighted by Gasteiger charge is 2.24. The van der Waals surface area contributed by atoms with Gasteiger partial charge < -0.3 is 4.90 Å². The van der Waals surface area contributed by atoms with Gasteiger partial charge in [-0.2, -0.15) is 0 Å². The summed E-state index contributed by atoms with van der Waals surface area (Å²) in [5, 5.41) is 2.46. The molecule has 0 radical (unpaired) electrons. The highest BCUT2D eigenvalue weighted by molar-refractivity contribution is 7.99. The van der Waals surface area contributed by atoms with Crippen LogP contribution in [0, 0.1) is 13.8 Å². The number of aryl methyl sites for hydroxylation is 2. The van der Waals surface area contributed by atoms with Gasteiger partial charge >= 0.3 is 0 Å². The molecule has 29 heavy (non-hydrogen) atoms. The lowest BCUT2D eigenvalue weighted by Gasteiger charge is -2.33. The maximum atomic E-state index is 13.2. The van der Waals surface area contributed by atoms with Gasteiger partial charge in [-0.1, -0.05) is 17.8 Å². The number of carbonyl (C=O) groups excluding carboxylic acids is 1. The first kappa shape index (κ1) is 20.2. The largest absolute Gasteiger partial charge is 0.339 e. The molecule has 1 amide bonds. The number of thioether (sulfide) groups is 1. The highest BCUT2D eigenvalue weighted by Crippen LogP contribution is 2.26. The molecule has 1 aliphatic heterocycles. The quantitative estimate of drug-likeness (QED) is 0.453. The summed E-state index contributed by atoms with van der Waals surface area (Å²) in [5.41, 5.74) is 3.71. The van der Waals surface area contributed by atoms with Crippen LogP contribution < -0.4 is 5.56 Å². The van der Waals surface area contributed by atoms with Crippen LogP contribution in [0.4, 0.5) is 0 Å². The first-order valence-corrected chi connectivity index (χ1v) is 11.8. The average Bonchev–Trinajstić information content (AvgIpc) is 3.18. The topological polar surface area (TPSA) is 55.2 Å². The molecule has 152 valence electrons. The molecule has 5 nitrogen and oxygen atoms in total. The minimum absolute atomic E-state index is 0.0745. The first-order valence-electron chi connectivity index (χ1n) is 9.96. The summed E-state index contributed by atoms with van der Waals surface area (Å²) in [6.45, 7) is 7.02. The van der Waals surface area contributed by atoms with E-state index in [4.69, 9.17) is 4.98 Å². The molecule has 1 atom stereocenters. The molecule has 1 aliphatic rings. The van der Waals surface area contributed by atoms with Gasteiger partial charge in [0.05, 0.1) is 17.0 Å². The number of hydrogen-bond acceptors (Lipinski definition) is 5. The molecular weight excluding hydrogens is 402 g/mol. The zero-order valence-electron chi connectivity index (χ0n) is 17.0. The van der Waals surface area contributed by atoms with Crippen LogP contribution in [-0.2, 0) is 4.79 Å². The van der Waals surface area contributed by atoms with Crippen LogP contribution in [0.3, 0.4) is 0 Å². The van der Waals surface area contributed by atoms with Crippen molar-refractivity contribution in [2.24, 2.45) is 0 Å². The molecule has 4 rings (SSSR count). The van der Waals surface area contributed by atoms with Gasteiger partial charge in [0.15, 0.2) is 5.16 Å². The van der Waals surface area contributed by atoms with Gasteiger partial charge in [0.2, 0.25) is 5.91 Å². The van der Waals surface area contributed by atoms with Gasteiger partial charge in [0, 0.05) is 12.6 Å². The molecule has 3 aromatic rings. The predicted molar refractivity (Wildman–Crippen MR) is 120 cm³/mol. The normalized spacial score (nSPS) is 17.1. The Morgan fingerprint density at radius 3 is 2.83 bits per heavy atom. The lowest BCUT2D eigenvalue weighted by Crippen LogP contribution is -2.43. The fourth-order valence-corrected chi connectivity index (χ4v) is 5.42. The zero-order valence-corrected chi connectivity index (χ0v) is 18.6. The molecule has 1 fully saturated rings. The molecule has 0 N–H and O–H groups in total. The summed E-state index contributed by atoms with van der Waals surface area (Å²) in [6.07, 6.45) is 3.30. The highest BCUT2D eigenvalue weighted by atomic mass is 32.2. The lowest BCUT2D eigenvalue weighted by molar-refractivity contribution is -0.131. The van der Waals surface area contributed by atoms with E-state index in [2.05, 4.69) is 13.8 Å². The van der Waals surface area contributed by atoms with E-state index in [1.54, 1.807) is 4.57 Å². The van der Waals surface area contributed by atoms with Crippen LogP contribution >= 0.6 is 23.1 Å². The summed E-state index contributed by atoms with van der Waals surface area (Å²) < 4.78 is 2.30. The number of carbonyl (C=O) groups is 1. The summed E-state index contributed by atoms with van der Waals surface area (Å²) in [7, 11) is 0. The van der Waals surface area contributed by atoms with Crippen molar-refractivity contribution in [2.75, 3.05) is 12.3 Å². The molecule has 1 saturated heterocycles. The van der Waals surface area contributed by atoms with E-state index in [1.807, 2.05) is 41.5 Å². The second-order valence-electron chi connectivity index (χ2n) is 7.66. The van der Waals surface area contributed by atoms with E-state index in [0.717, 1.165) is 30.6 Å². The molecule has 1 unspecified atom stereocenters. The first-order chi connectivity index (χ1) is 14.0. The average molecular weight is 428 g/mol. The number of piperidine rings is 1. The summed E-state index contributed by atoms with van der Waals surface area (Å²) in [6, 6.07) is 8.13. The Morgan fingerprint density at radius 2 is 2.07 bits per heavy atom.